The van der Waals surface area contributed by atoms with Crippen LogP contribution in [0.1, 0.15) is 19.8 Å². The van der Waals surface area contributed by atoms with E-state index in [0.29, 0.717) is 19.4 Å². The van der Waals surface area contributed by atoms with Crippen molar-refractivity contribution in [3.8, 4) is 0 Å². The van der Waals surface area contributed by atoms with Gasteiger partial charge in [0, 0.05) is 31.6 Å². The standard InChI is InChI=1S/C15H21ClFN3O3S.ClH/c1-10(9-18)19-15(21)11-4-6-20(7-5-11)24(22,23)12-2-3-14(17)13(16)8-12;/h2-3,8,10-11H,4-7,9,18H2,1H3,(H,19,21);1H/t10-;/m0./s1. The van der Waals surface area contributed by atoms with Crippen molar-refractivity contribution >= 4 is 39.9 Å². The second-order valence-corrected chi connectivity index (χ2v) is 8.24. The van der Waals surface area contributed by atoms with Crippen molar-refractivity contribution in [2.45, 2.75) is 30.7 Å². The summed E-state index contributed by atoms with van der Waals surface area (Å²) in [5.74, 6) is -1.00. The maximum atomic E-state index is 13.2. The van der Waals surface area contributed by atoms with Gasteiger partial charge in [-0.1, -0.05) is 11.6 Å². The monoisotopic (exact) mass is 413 g/mol. The van der Waals surface area contributed by atoms with Gasteiger partial charge < -0.3 is 11.1 Å². The van der Waals surface area contributed by atoms with Crippen LogP contribution < -0.4 is 11.1 Å². The van der Waals surface area contributed by atoms with Crippen LogP contribution in [0.3, 0.4) is 0 Å². The number of sulfonamides is 1. The van der Waals surface area contributed by atoms with E-state index >= 15 is 0 Å². The zero-order valence-corrected chi connectivity index (χ0v) is 16.1. The molecule has 0 aromatic heterocycles. The highest BCUT2D eigenvalue weighted by atomic mass is 35.5. The first-order valence-corrected chi connectivity index (χ1v) is 9.53. The Kier molecular flexibility index (Phi) is 8.08. The fraction of sp³-hybridized carbons (Fsp3) is 0.533. The molecule has 0 radical (unpaired) electrons. The van der Waals surface area contributed by atoms with Crippen LogP contribution in [-0.2, 0) is 14.8 Å². The first-order chi connectivity index (χ1) is 11.3. The topological polar surface area (TPSA) is 92.5 Å². The number of carbonyl (C=O) groups excluding carboxylic acids is 1. The molecule has 0 spiro atoms. The fourth-order valence-electron chi connectivity index (χ4n) is 2.56. The van der Waals surface area contributed by atoms with E-state index in [1.165, 1.54) is 10.4 Å². The van der Waals surface area contributed by atoms with Gasteiger partial charge in [0.2, 0.25) is 15.9 Å². The number of carbonyl (C=O) groups is 1. The van der Waals surface area contributed by atoms with E-state index in [-0.39, 0.29) is 53.3 Å². The molecule has 0 aliphatic carbocycles. The summed E-state index contributed by atoms with van der Waals surface area (Å²) >= 11 is 5.66. The van der Waals surface area contributed by atoms with Gasteiger partial charge in [-0.2, -0.15) is 4.31 Å². The smallest absolute Gasteiger partial charge is 0.243 e. The molecule has 6 nitrogen and oxygen atoms in total. The van der Waals surface area contributed by atoms with Crippen LogP contribution in [0.5, 0.6) is 0 Å². The molecule has 1 heterocycles. The molecular weight excluding hydrogens is 392 g/mol. The van der Waals surface area contributed by atoms with Gasteiger partial charge in [0.15, 0.2) is 0 Å². The molecule has 1 aliphatic rings. The van der Waals surface area contributed by atoms with Crippen LogP contribution in [0.25, 0.3) is 0 Å². The molecule has 2 rings (SSSR count). The number of nitrogens with one attached hydrogen (secondary N) is 1. The van der Waals surface area contributed by atoms with Crippen molar-refractivity contribution in [2.75, 3.05) is 19.6 Å². The SMILES string of the molecule is C[C@@H](CN)NC(=O)C1CCN(S(=O)(=O)c2ccc(F)c(Cl)c2)CC1.Cl. The molecule has 1 fully saturated rings. The first-order valence-electron chi connectivity index (χ1n) is 7.71. The van der Waals surface area contributed by atoms with Crippen LogP contribution in [-0.4, -0.2) is 44.3 Å². The van der Waals surface area contributed by atoms with Crippen molar-refractivity contribution < 1.29 is 17.6 Å². The van der Waals surface area contributed by atoms with Crippen LogP contribution in [0.4, 0.5) is 4.39 Å². The zero-order chi connectivity index (χ0) is 17.9. The lowest BCUT2D eigenvalue weighted by molar-refractivity contribution is -0.126. The average Bonchev–Trinajstić information content (AvgIpc) is 2.57. The van der Waals surface area contributed by atoms with E-state index in [9.17, 15) is 17.6 Å². The molecule has 1 saturated heterocycles. The minimum Gasteiger partial charge on any atom is -0.352 e. The third kappa shape index (κ3) is 5.27. The van der Waals surface area contributed by atoms with Crippen molar-refractivity contribution in [3.05, 3.63) is 29.0 Å². The molecule has 1 amide bonds. The van der Waals surface area contributed by atoms with Crippen molar-refractivity contribution in [1.29, 1.82) is 0 Å². The Morgan fingerprint density at radius 2 is 2.04 bits per heavy atom. The van der Waals surface area contributed by atoms with E-state index < -0.39 is 15.8 Å². The highest BCUT2D eigenvalue weighted by Gasteiger charge is 2.32. The summed E-state index contributed by atoms with van der Waals surface area (Å²) in [6.45, 7) is 2.62. The maximum absolute atomic E-state index is 13.2. The van der Waals surface area contributed by atoms with E-state index in [1.807, 2.05) is 6.92 Å². The lowest BCUT2D eigenvalue weighted by Crippen LogP contribution is -2.46. The highest BCUT2D eigenvalue weighted by Crippen LogP contribution is 2.26. The van der Waals surface area contributed by atoms with E-state index in [4.69, 9.17) is 17.3 Å². The van der Waals surface area contributed by atoms with Gasteiger partial charge in [-0.25, -0.2) is 12.8 Å². The van der Waals surface area contributed by atoms with Crippen LogP contribution in [0.2, 0.25) is 5.02 Å². The number of benzene rings is 1. The number of hydrogen-bond acceptors (Lipinski definition) is 4. The van der Waals surface area contributed by atoms with Crippen LogP contribution in [0.15, 0.2) is 23.1 Å². The third-order valence-electron chi connectivity index (χ3n) is 4.10. The minimum absolute atomic E-state index is 0. The summed E-state index contributed by atoms with van der Waals surface area (Å²) in [5, 5.41) is 2.57. The molecule has 0 saturated carbocycles. The Morgan fingerprint density at radius 1 is 1.44 bits per heavy atom. The van der Waals surface area contributed by atoms with E-state index in [1.54, 1.807) is 0 Å². The number of amides is 1. The number of nitrogens with zero attached hydrogens (tertiary/aromatic N) is 1. The van der Waals surface area contributed by atoms with Gasteiger partial charge in [-0.05, 0) is 38.0 Å². The van der Waals surface area contributed by atoms with Crippen LogP contribution in [0, 0.1) is 11.7 Å². The van der Waals surface area contributed by atoms with Gasteiger partial charge in [0.05, 0.1) is 9.92 Å². The largest absolute Gasteiger partial charge is 0.352 e. The van der Waals surface area contributed by atoms with E-state index in [2.05, 4.69) is 5.32 Å². The zero-order valence-electron chi connectivity index (χ0n) is 13.7. The summed E-state index contributed by atoms with van der Waals surface area (Å²) in [6.07, 6.45) is 0.856. The number of rotatable bonds is 5. The number of halogens is 3. The third-order valence-corrected chi connectivity index (χ3v) is 6.28. The van der Waals surface area contributed by atoms with Gasteiger partial charge in [-0.3, -0.25) is 4.79 Å². The molecule has 1 aromatic carbocycles. The Balaban J connectivity index is 0.00000312. The van der Waals surface area contributed by atoms with Gasteiger partial charge in [0.25, 0.3) is 0 Å². The second-order valence-electron chi connectivity index (χ2n) is 5.90. The van der Waals surface area contributed by atoms with Crippen molar-refractivity contribution in [2.24, 2.45) is 11.7 Å². The molecule has 3 N–H and O–H groups in total. The summed E-state index contributed by atoms with van der Waals surface area (Å²) < 4.78 is 39.7. The molecule has 142 valence electrons. The molecule has 10 heteroatoms. The second kappa shape index (κ2) is 9.14. The van der Waals surface area contributed by atoms with Gasteiger partial charge >= 0.3 is 0 Å². The summed E-state index contributed by atoms with van der Waals surface area (Å²) in [7, 11) is -3.75. The maximum Gasteiger partial charge on any atom is 0.243 e. The molecule has 1 aliphatic heterocycles. The fourth-order valence-corrected chi connectivity index (χ4v) is 4.31. The number of hydrogen-bond donors (Lipinski definition) is 2. The van der Waals surface area contributed by atoms with Crippen LogP contribution >= 0.6 is 24.0 Å². The first kappa shape index (κ1) is 22.1. The molecule has 1 aromatic rings. The molecule has 0 bridgehead atoms. The molecule has 25 heavy (non-hydrogen) atoms. The summed E-state index contributed by atoms with van der Waals surface area (Å²) in [5.41, 5.74) is 5.48. The Labute approximate surface area is 158 Å². The quantitative estimate of drug-likeness (QED) is 0.768. The Bertz CT molecular complexity index is 710. The van der Waals surface area contributed by atoms with E-state index in [0.717, 1.165) is 12.1 Å². The molecule has 0 unspecified atom stereocenters. The van der Waals surface area contributed by atoms with Gasteiger partial charge in [0.1, 0.15) is 5.82 Å². The summed E-state index contributed by atoms with van der Waals surface area (Å²) in [4.78, 5) is 12.0. The predicted molar refractivity (Wildman–Crippen MR) is 96.8 cm³/mol. The number of piperidine rings is 1. The lowest BCUT2D eigenvalue weighted by atomic mass is 9.97. The van der Waals surface area contributed by atoms with Gasteiger partial charge in [-0.15, -0.1) is 12.4 Å². The summed E-state index contributed by atoms with van der Waals surface area (Å²) in [6, 6.07) is 3.22. The minimum atomic E-state index is -3.75. The highest BCUT2D eigenvalue weighted by molar-refractivity contribution is 7.89. The molecule has 1 atom stereocenters. The Morgan fingerprint density at radius 3 is 2.56 bits per heavy atom. The lowest BCUT2D eigenvalue weighted by Gasteiger charge is -2.31. The van der Waals surface area contributed by atoms with Crippen molar-refractivity contribution in [3.63, 3.8) is 0 Å². The number of nitrogens with two attached hydrogens (primary N) is 1. The Hall–Kier alpha value is -0.930. The average molecular weight is 414 g/mol. The predicted octanol–water partition coefficient (Wildman–Crippen LogP) is 1.76. The molecular formula is C15H22Cl2FN3O3S. The normalized spacial score (nSPS) is 17.6. The van der Waals surface area contributed by atoms with Crippen molar-refractivity contribution in [1.82, 2.24) is 9.62 Å².